The number of hydrogen-bond donors (Lipinski definition) is 1. The number of benzene rings is 2. The smallest absolute Gasteiger partial charge is 0.250 e. The van der Waals surface area contributed by atoms with Gasteiger partial charge in [0, 0.05) is 33.7 Å². The summed E-state index contributed by atoms with van der Waals surface area (Å²) in [6.45, 7) is 2.47. The Kier molecular flexibility index (Phi) is 8.05. The molecule has 8 nitrogen and oxygen atoms in total. The molecule has 0 saturated heterocycles. The lowest BCUT2D eigenvalue weighted by molar-refractivity contribution is -0.118. The van der Waals surface area contributed by atoms with Gasteiger partial charge in [-0.25, -0.2) is 5.43 Å². The van der Waals surface area contributed by atoms with Crippen LogP contribution in [0.2, 0.25) is 0 Å². The zero-order valence-electron chi connectivity index (χ0n) is 18.3. The second kappa shape index (κ2) is 11.6. The zero-order chi connectivity index (χ0) is 23.8. The van der Waals surface area contributed by atoms with E-state index in [1.165, 1.54) is 11.8 Å². The standard InChI is InChI=1S/C24H21BrN6O2S/c1-2-33-21-6-4-3-5-18(21)15-27-28-22(32)16-34-24-30-29-23(17-11-13-26-14-12-17)31(24)20-9-7-19(25)8-10-20/h3-15H,2,16H2,1H3,(H,28,32). The maximum atomic E-state index is 12.4. The average Bonchev–Trinajstić information content (AvgIpc) is 3.29. The van der Waals surface area contributed by atoms with Crippen LogP contribution in [0.4, 0.5) is 0 Å². The van der Waals surface area contributed by atoms with E-state index in [-0.39, 0.29) is 11.7 Å². The number of aromatic nitrogens is 4. The number of ether oxygens (including phenoxy) is 1. The predicted octanol–water partition coefficient (Wildman–Crippen LogP) is 4.73. The Labute approximate surface area is 209 Å². The minimum Gasteiger partial charge on any atom is -0.493 e. The summed E-state index contributed by atoms with van der Waals surface area (Å²) in [5, 5.41) is 13.4. The third kappa shape index (κ3) is 5.89. The molecule has 0 unspecified atom stereocenters. The monoisotopic (exact) mass is 536 g/mol. The highest BCUT2D eigenvalue weighted by Crippen LogP contribution is 2.28. The summed E-state index contributed by atoms with van der Waals surface area (Å²) in [4.78, 5) is 16.5. The average molecular weight is 537 g/mol. The van der Waals surface area contributed by atoms with E-state index in [1.807, 2.05) is 72.2 Å². The molecule has 4 aromatic rings. The molecule has 2 heterocycles. The lowest BCUT2D eigenvalue weighted by Gasteiger charge is -2.10. The van der Waals surface area contributed by atoms with Crippen LogP contribution in [-0.4, -0.2) is 44.2 Å². The largest absolute Gasteiger partial charge is 0.493 e. The van der Waals surface area contributed by atoms with Crippen LogP contribution in [0, 0.1) is 0 Å². The first kappa shape index (κ1) is 23.7. The highest BCUT2D eigenvalue weighted by atomic mass is 79.9. The first-order chi connectivity index (χ1) is 16.7. The van der Waals surface area contributed by atoms with E-state index in [4.69, 9.17) is 4.74 Å². The first-order valence-electron chi connectivity index (χ1n) is 10.4. The van der Waals surface area contributed by atoms with Crippen LogP contribution in [-0.2, 0) is 4.79 Å². The second-order valence-corrected chi connectivity index (χ2v) is 8.76. The van der Waals surface area contributed by atoms with Crippen LogP contribution >= 0.6 is 27.7 Å². The molecular weight excluding hydrogens is 516 g/mol. The van der Waals surface area contributed by atoms with Gasteiger partial charge in [-0.1, -0.05) is 39.8 Å². The van der Waals surface area contributed by atoms with Gasteiger partial charge in [0.2, 0.25) is 0 Å². The van der Waals surface area contributed by atoms with E-state index in [0.717, 1.165) is 21.3 Å². The third-order valence-electron chi connectivity index (χ3n) is 4.60. The number of halogens is 1. The fraction of sp³-hybridized carbons (Fsp3) is 0.125. The molecule has 172 valence electrons. The number of hydrogen-bond acceptors (Lipinski definition) is 7. The van der Waals surface area contributed by atoms with Crippen molar-refractivity contribution < 1.29 is 9.53 Å². The molecular formula is C24H21BrN6O2S. The van der Waals surface area contributed by atoms with Crippen LogP contribution in [0.3, 0.4) is 0 Å². The summed E-state index contributed by atoms with van der Waals surface area (Å²) in [7, 11) is 0. The second-order valence-electron chi connectivity index (χ2n) is 6.91. The topological polar surface area (TPSA) is 94.3 Å². The van der Waals surface area contributed by atoms with Gasteiger partial charge in [-0.05, 0) is 55.5 Å². The van der Waals surface area contributed by atoms with Crippen molar-refractivity contribution in [3.8, 4) is 22.8 Å². The van der Waals surface area contributed by atoms with Crippen molar-refractivity contribution in [1.82, 2.24) is 25.2 Å². The number of nitrogens with one attached hydrogen (secondary N) is 1. The molecule has 2 aromatic carbocycles. The Morgan fingerprint density at radius 2 is 1.88 bits per heavy atom. The van der Waals surface area contributed by atoms with Crippen molar-refractivity contribution in [2.24, 2.45) is 5.10 Å². The molecule has 10 heteroatoms. The third-order valence-corrected chi connectivity index (χ3v) is 6.06. The van der Waals surface area contributed by atoms with Crippen molar-refractivity contribution in [3.63, 3.8) is 0 Å². The number of carbonyl (C=O) groups excluding carboxylic acids is 1. The number of hydrazone groups is 1. The number of thioether (sulfide) groups is 1. The predicted molar refractivity (Wildman–Crippen MR) is 136 cm³/mol. The first-order valence-corrected chi connectivity index (χ1v) is 12.2. The number of para-hydroxylation sites is 1. The van der Waals surface area contributed by atoms with E-state index >= 15 is 0 Å². The lowest BCUT2D eigenvalue weighted by atomic mass is 10.2. The molecule has 2 aromatic heterocycles. The van der Waals surface area contributed by atoms with Gasteiger partial charge in [0.15, 0.2) is 11.0 Å². The van der Waals surface area contributed by atoms with Crippen LogP contribution in [0.15, 0.2) is 87.8 Å². The quantitative estimate of drug-likeness (QED) is 0.189. The van der Waals surface area contributed by atoms with Gasteiger partial charge < -0.3 is 4.74 Å². The summed E-state index contributed by atoms with van der Waals surface area (Å²) in [6, 6.07) is 19.1. The van der Waals surface area contributed by atoms with Crippen molar-refractivity contribution in [3.05, 3.63) is 83.1 Å². The van der Waals surface area contributed by atoms with Crippen LogP contribution in [0.25, 0.3) is 17.1 Å². The number of nitrogens with zero attached hydrogens (tertiary/aromatic N) is 5. The molecule has 0 aliphatic carbocycles. The Bertz CT molecular complexity index is 1280. The van der Waals surface area contributed by atoms with E-state index in [9.17, 15) is 4.79 Å². The summed E-state index contributed by atoms with van der Waals surface area (Å²) in [5.41, 5.74) is 5.10. The summed E-state index contributed by atoms with van der Waals surface area (Å²) in [5.74, 6) is 1.24. The van der Waals surface area contributed by atoms with Crippen LogP contribution < -0.4 is 10.2 Å². The van der Waals surface area contributed by atoms with Crippen molar-refractivity contribution in [1.29, 1.82) is 0 Å². The molecule has 0 aliphatic heterocycles. The SMILES string of the molecule is CCOc1ccccc1C=NNC(=O)CSc1nnc(-c2ccncc2)n1-c1ccc(Br)cc1. The van der Waals surface area contributed by atoms with Gasteiger partial charge in [0.25, 0.3) is 5.91 Å². The van der Waals surface area contributed by atoms with E-state index in [2.05, 4.69) is 41.6 Å². The van der Waals surface area contributed by atoms with Crippen LogP contribution in [0.1, 0.15) is 12.5 Å². The fourth-order valence-electron chi connectivity index (χ4n) is 3.08. The molecule has 0 saturated carbocycles. The number of pyridine rings is 1. The number of rotatable bonds is 9. The minimum absolute atomic E-state index is 0.120. The van der Waals surface area contributed by atoms with Crippen molar-refractivity contribution in [2.75, 3.05) is 12.4 Å². The molecule has 0 aliphatic rings. The molecule has 0 atom stereocenters. The molecule has 4 rings (SSSR count). The normalized spacial score (nSPS) is 11.0. The molecule has 0 radical (unpaired) electrons. The molecule has 0 bridgehead atoms. The number of amides is 1. The maximum Gasteiger partial charge on any atom is 0.250 e. The molecule has 0 spiro atoms. The minimum atomic E-state index is -0.258. The van der Waals surface area contributed by atoms with Gasteiger partial charge >= 0.3 is 0 Å². The number of carbonyl (C=O) groups is 1. The molecule has 34 heavy (non-hydrogen) atoms. The van der Waals surface area contributed by atoms with E-state index < -0.39 is 0 Å². The van der Waals surface area contributed by atoms with Gasteiger partial charge in [-0.2, -0.15) is 5.10 Å². The van der Waals surface area contributed by atoms with Gasteiger partial charge in [0.1, 0.15) is 5.75 Å². The van der Waals surface area contributed by atoms with E-state index in [0.29, 0.717) is 23.3 Å². The Hall–Kier alpha value is -3.50. The maximum absolute atomic E-state index is 12.4. The Morgan fingerprint density at radius 1 is 1.12 bits per heavy atom. The van der Waals surface area contributed by atoms with Crippen LogP contribution in [0.5, 0.6) is 5.75 Å². The van der Waals surface area contributed by atoms with Gasteiger partial charge in [-0.15, -0.1) is 10.2 Å². The zero-order valence-corrected chi connectivity index (χ0v) is 20.7. The fourth-order valence-corrected chi connectivity index (χ4v) is 4.09. The van der Waals surface area contributed by atoms with E-state index in [1.54, 1.807) is 18.6 Å². The van der Waals surface area contributed by atoms with Gasteiger partial charge in [-0.3, -0.25) is 14.3 Å². The molecule has 0 fully saturated rings. The van der Waals surface area contributed by atoms with Gasteiger partial charge in [0.05, 0.1) is 18.6 Å². The Morgan fingerprint density at radius 3 is 2.65 bits per heavy atom. The highest BCUT2D eigenvalue weighted by molar-refractivity contribution is 9.10. The summed E-state index contributed by atoms with van der Waals surface area (Å²) >= 11 is 4.74. The molecule has 1 N–H and O–H groups in total. The summed E-state index contributed by atoms with van der Waals surface area (Å²) < 4.78 is 8.45. The Balaban J connectivity index is 1.48. The highest BCUT2D eigenvalue weighted by Gasteiger charge is 2.17. The molecule has 1 amide bonds. The lowest BCUT2D eigenvalue weighted by Crippen LogP contribution is -2.20. The summed E-state index contributed by atoms with van der Waals surface area (Å²) in [6.07, 6.45) is 4.98. The van der Waals surface area contributed by atoms with Crippen molar-refractivity contribution >= 4 is 39.8 Å². The van der Waals surface area contributed by atoms with Crippen molar-refractivity contribution in [2.45, 2.75) is 12.1 Å².